The molecule has 3 rings (SSSR count). The largest absolute Gasteiger partial charge is 0.491 e. The molecule has 1 aliphatic carbocycles. The summed E-state index contributed by atoms with van der Waals surface area (Å²) < 4.78 is 73.0. The molecule has 2 aliphatic rings. The van der Waals surface area contributed by atoms with Crippen molar-refractivity contribution >= 4 is 0 Å². The summed E-state index contributed by atoms with van der Waals surface area (Å²) in [6.07, 6.45) is 2.39. The molecule has 31 heavy (non-hydrogen) atoms. The summed E-state index contributed by atoms with van der Waals surface area (Å²) in [5.41, 5.74) is -1.22. The molecule has 1 aliphatic heterocycles. The zero-order valence-corrected chi connectivity index (χ0v) is 18.5. The minimum atomic E-state index is -4.78. The van der Waals surface area contributed by atoms with Crippen molar-refractivity contribution in [3.8, 4) is 5.75 Å². The molecule has 176 valence electrons. The SMILES string of the molecule is CCCCOc1ccc(C2CCC(C3CCC(OCC)CC3)OC2)c(C(F)(F)F)c1F. The van der Waals surface area contributed by atoms with Gasteiger partial charge in [-0.2, -0.15) is 13.2 Å². The van der Waals surface area contributed by atoms with E-state index in [0.717, 1.165) is 38.7 Å². The lowest BCUT2D eigenvalue weighted by Crippen LogP contribution is -2.35. The van der Waals surface area contributed by atoms with Gasteiger partial charge in [0.05, 0.1) is 31.0 Å². The van der Waals surface area contributed by atoms with Gasteiger partial charge in [0.25, 0.3) is 0 Å². The summed E-state index contributed by atoms with van der Waals surface area (Å²) in [6, 6.07) is 2.70. The van der Waals surface area contributed by atoms with Crippen molar-refractivity contribution in [2.45, 2.75) is 89.5 Å². The van der Waals surface area contributed by atoms with E-state index in [1.165, 1.54) is 12.1 Å². The molecule has 0 aromatic heterocycles. The molecule has 1 saturated carbocycles. The summed E-state index contributed by atoms with van der Waals surface area (Å²) in [5.74, 6) is -1.68. The molecule has 0 bridgehead atoms. The highest BCUT2D eigenvalue weighted by atomic mass is 19.4. The zero-order chi connectivity index (χ0) is 22.4. The van der Waals surface area contributed by atoms with Gasteiger partial charge in [-0.15, -0.1) is 0 Å². The molecule has 1 heterocycles. The number of ether oxygens (including phenoxy) is 3. The van der Waals surface area contributed by atoms with Crippen LogP contribution in [-0.4, -0.2) is 32.0 Å². The third kappa shape index (κ3) is 6.13. The molecule has 0 spiro atoms. The molecule has 2 atom stereocenters. The summed E-state index contributed by atoms with van der Waals surface area (Å²) in [5, 5.41) is 0. The average molecular weight is 447 g/mol. The smallest absolute Gasteiger partial charge is 0.419 e. The molecular weight excluding hydrogens is 412 g/mol. The molecule has 0 amide bonds. The highest BCUT2D eigenvalue weighted by molar-refractivity contribution is 5.41. The maximum absolute atomic E-state index is 14.8. The Morgan fingerprint density at radius 3 is 2.35 bits per heavy atom. The zero-order valence-electron chi connectivity index (χ0n) is 18.5. The predicted octanol–water partition coefficient (Wildman–Crippen LogP) is 6.88. The van der Waals surface area contributed by atoms with E-state index in [9.17, 15) is 17.6 Å². The van der Waals surface area contributed by atoms with Crippen molar-refractivity contribution in [2.75, 3.05) is 19.8 Å². The van der Waals surface area contributed by atoms with Crippen LogP contribution in [0.4, 0.5) is 17.6 Å². The Hall–Kier alpha value is -1.34. The minimum Gasteiger partial charge on any atom is -0.491 e. The van der Waals surface area contributed by atoms with Gasteiger partial charge in [-0.1, -0.05) is 19.4 Å². The first-order chi connectivity index (χ1) is 14.8. The number of hydrogen-bond acceptors (Lipinski definition) is 3. The van der Waals surface area contributed by atoms with Crippen LogP contribution in [0.1, 0.15) is 82.3 Å². The second-order valence-corrected chi connectivity index (χ2v) is 8.68. The molecule has 0 radical (unpaired) electrons. The van der Waals surface area contributed by atoms with Gasteiger partial charge in [0.15, 0.2) is 11.6 Å². The summed E-state index contributed by atoms with van der Waals surface area (Å²) in [6.45, 7) is 5.04. The molecule has 1 aromatic carbocycles. The van der Waals surface area contributed by atoms with Crippen molar-refractivity contribution in [3.05, 3.63) is 29.1 Å². The monoisotopic (exact) mass is 446 g/mol. The first kappa shape index (κ1) is 24.3. The maximum Gasteiger partial charge on any atom is 0.419 e. The number of hydrogen-bond donors (Lipinski definition) is 0. The van der Waals surface area contributed by atoms with Crippen molar-refractivity contribution in [2.24, 2.45) is 5.92 Å². The van der Waals surface area contributed by atoms with Gasteiger partial charge >= 0.3 is 6.18 Å². The highest BCUT2D eigenvalue weighted by Gasteiger charge is 2.41. The quantitative estimate of drug-likeness (QED) is 0.322. The third-order valence-electron chi connectivity index (χ3n) is 6.58. The first-order valence-corrected chi connectivity index (χ1v) is 11.6. The molecule has 0 N–H and O–H groups in total. The number of benzene rings is 1. The van der Waals surface area contributed by atoms with E-state index >= 15 is 0 Å². The van der Waals surface area contributed by atoms with Gasteiger partial charge < -0.3 is 14.2 Å². The van der Waals surface area contributed by atoms with E-state index in [2.05, 4.69) is 0 Å². The number of unbranched alkanes of at least 4 members (excludes halogenated alkanes) is 1. The Kier molecular flexibility index (Phi) is 8.62. The number of rotatable bonds is 8. The Labute approximate surface area is 182 Å². The molecule has 1 saturated heterocycles. The molecule has 7 heteroatoms. The topological polar surface area (TPSA) is 27.7 Å². The Bertz CT molecular complexity index is 691. The highest BCUT2D eigenvalue weighted by Crippen LogP contribution is 2.44. The molecule has 3 nitrogen and oxygen atoms in total. The summed E-state index contributed by atoms with van der Waals surface area (Å²) in [4.78, 5) is 0. The third-order valence-corrected chi connectivity index (χ3v) is 6.58. The lowest BCUT2D eigenvalue weighted by molar-refractivity contribution is -0.141. The van der Waals surface area contributed by atoms with Gasteiger partial charge in [-0.05, 0) is 69.4 Å². The Morgan fingerprint density at radius 1 is 1.03 bits per heavy atom. The standard InChI is InChI=1S/C24H34F4O3/c1-3-5-14-30-21-13-11-19(22(23(21)25)24(26,27)28)17-8-12-20(31-15-17)16-6-9-18(10-7-16)29-4-2/h11,13,16-18,20H,3-10,12,14-15H2,1-2H3. The van der Waals surface area contributed by atoms with E-state index in [1.54, 1.807) is 0 Å². The van der Waals surface area contributed by atoms with Crippen LogP contribution in [0, 0.1) is 11.7 Å². The van der Waals surface area contributed by atoms with E-state index in [4.69, 9.17) is 14.2 Å². The summed E-state index contributed by atoms with van der Waals surface area (Å²) >= 11 is 0. The normalized spacial score (nSPS) is 27.3. The van der Waals surface area contributed by atoms with Crippen molar-refractivity contribution in [1.82, 2.24) is 0 Å². The van der Waals surface area contributed by atoms with Crippen LogP contribution in [0.15, 0.2) is 12.1 Å². The van der Waals surface area contributed by atoms with Crippen LogP contribution in [-0.2, 0) is 15.7 Å². The van der Waals surface area contributed by atoms with E-state index in [0.29, 0.717) is 31.3 Å². The molecule has 2 fully saturated rings. The molecular formula is C24H34F4O3. The predicted molar refractivity (Wildman–Crippen MR) is 111 cm³/mol. The second-order valence-electron chi connectivity index (χ2n) is 8.68. The van der Waals surface area contributed by atoms with Crippen LogP contribution < -0.4 is 4.74 Å². The fourth-order valence-corrected chi connectivity index (χ4v) is 4.89. The lowest BCUT2D eigenvalue weighted by atomic mass is 9.79. The van der Waals surface area contributed by atoms with Crippen LogP contribution in [0.25, 0.3) is 0 Å². The number of halogens is 4. The van der Waals surface area contributed by atoms with Crippen LogP contribution in [0.5, 0.6) is 5.75 Å². The lowest BCUT2D eigenvalue weighted by Gasteiger charge is -2.38. The fourth-order valence-electron chi connectivity index (χ4n) is 4.89. The van der Waals surface area contributed by atoms with Gasteiger partial charge in [-0.3, -0.25) is 0 Å². The van der Waals surface area contributed by atoms with Crippen LogP contribution in [0.2, 0.25) is 0 Å². The van der Waals surface area contributed by atoms with Crippen LogP contribution in [0.3, 0.4) is 0 Å². The van der Waals surface area contributed by atoms with Gasteiger partial charge in [0.1, 0.15) is 0 Å². The molecule has 1 aromatic rings. The maximum atomic E-state index is 14.8. The van der Waals surface area contributed by atoms with Crippen molar-refractivity contribution in [3.63, 3.8) is 0 Å². The van der Waals surface area contributed by atoms with Crippen molar-refractivity contribution < 1.29 is 31.8 Å². The average Bonchev–Trinajstić information content (AvgIpc) is 2.75. The van der Waals surface area contributed by atoms with Gasteiger partial charge in [0, 0.05) is 12.5 Å². The second kappa shape index (κ2) is 11.0. The van der Waals surface area contributed by atoms with Crippen molar-refractivity contribution in [1.29, 1.82) is 0 Å². The fraction of sp³-hybridized carbons (Fsp3) is 0.750. The first-order valence-electron chi connectivity index (χ1n) is 11.6. The van der Waals surface area contributed by atoms with Gasteiger partial charge in [0.2, 0.25) is 0 Å². The Balaban J connectivity index is 1.66. The summed E-state index contributed by atoms with van der Waals surface area (Å²) in [7, 11) is 0. The molecule has 2 unspecified atom stereocenters. The van der Waals surface area contributed by atoms with E-state index in [-0.39, 0.29) is 30.6 Å². The number of alkyl halides is 3. The van der Waals surface area contributed by atoms with Crippen LogP contribution >= 0.6 is 0 Å². The minimum absolute atomic E-state index is 0.0219. The van der Waals surface area contributed by atoms with E-state index < -0.39 is 23.5 Å². The Morgan fingerprint density at radius 2 is 1.77 bits per heavy atom. The van der Waals surface area contributed by atoms with Gasteiger partial charge in [-0.25, -0.2) is 4.39 Å². The van der Waals surface area contributed by atoms with E-state index in [1.807, 2.05) is 13.8 Å².